The molecule has 0 bridgehead atoms. The van der Waals surface area contributed by atoms with Gasteiger partial charge in [-0.2, -0.15) is 0 Å². The van der Waals surface area contributed by atoms with Gasteiger partial charge >= 0.3 is 0 Å². The molecule has 0 amide bonds. The molecule has 0 radical (unpaired) electrons. The number of aromatic nitrogens is 3. The minimum absolute atomic E-state index is 0.661. The molecule has 6 heteroatoms. The average Bonchev–Trinajstić information content (AvgIpc) is 2.71. The number of hydrogen-bond acceptors (Lipinski definition) is 6. The number of fused-ring (bicyclic) bond motifs is 1. The van der Waals surface area contributed by atoms with Crippen molar-refractivity contribution in [1.29, 1.82) is 0 Å². The normalized spacial score (nSPS) is 13.7. The van der Waals surface area contributed by atoms with Crippen LogP contribution in [0.5, 0.6) is 11.5 Å². The van der Waals surface area contributed by atoms with Crippen molar-refractivity contribution in [1.82, 2.24) is 15.2 Å². The van der Waals surface area contributed by atoms with Crippen molar-refractivity contribution < 1.29 is 9.47 Å². The van der Waals surface area contributed by atoms with Crippen LogP contribution in [0.25, 0.3) is 11.3 Å². The van der Waals surface area contributed by atoms with Crippen LogP contribution in [0, 0.1) is 0 Å². The second kappa shape index (κ2) is 5.09. The lowest BCUT2D eigenvalue weighted by molar-refractivity contribution is 0.297. The van der Waals surface area contributed by atoms with Crippen molar-refractivity contribution in [3.8, 4) is 22.8 Å². The molecule has 2 aromatic rings. The molecule has 1 aliphatic heterocycles. The third-order valence-electron chi connectivity index (χ3n) is 2.88. The van der Waals surface area contributed by atoms with Gasteiger partial charge in [-0.1, -0.05) is 0 Å². The molecular weight excluding hydrogens is 244 g/mol. The highest BCUT2D eigenvalue weighted by Gasteiger charge is 2.14. The van der Waals surface area contributed by atoms with Crippen molar-refractivity contribution >= 4 is 5.82 Å². The Bertz CT molecular complexity index is 589. The van der Waals surface area contributed by atoms with Gasteiger partial charge < -0.3 is 14.8 Å². The van der Waals surface area contributed by atoms with E-state index in [1.165, 1.54) is 6.33 Å². The number of hydrogen-bond donors (Lipinski definition) is 1. The van der Waals surface area contributed by atoms with Crippen molar-refractivity contribution in [3.05, 3.63) is 24.5 Å². The zero-order valence-corrected chi connectivity index (χ0v) is 10.6. The van der Waals surface area contributed by atoms with Gasteiger partial charge in [0, 0.05) is 19.0 Å². The summed E-state index contributed by atoms with van der Waals surface area (Å²) >= 11 is 0. The summed E-state index contributed by atoms with van der Waals surface area (Å²) in [4.78, 5) is 4.15. The standard InChI is InChI=1S/C13H14N4O2/c1-14-13-12(17-16-8-15-13)9-3-4-10-11(7-9)19-6-2-5-18-10/h3-4,7-8H,2,5-6H2,1H3,(H,14,15,16). The van der Waals surface area contributed by atoms with Crippen molar-refractivity contribution in [2.24, 2.45) is 0 Å². The van der Waals surface area contributed by atoms with Crippen LogP contribution in [0.3, 0.4) is 0 Å². The van der Waals surface area contributed by atoms with E-state index in [1.807, 2.05) is 18.2 Å². The maximum atomic E-state index is 5.67. The Morgan fingerprint density at radius 3 is 2.84 bits per heavy atom. The van der Waals surface area contributed by atoms with E-state index in [9.17, 15) is 0 Å². The first-order valence-corrected chi connectivity index (χ1v) is 6.14. The fraction of sp³-hybridized carbons (Fsp3) is 0.308. The van der Waals surface area contributed by atoms with Crippen LogP contribution < -0.4 is 14.8 Å². The van der Waals surface area contributed by atoms with Crippen LogP contribution in [-0.2, 0) is 0 Å². The number of ether oxygens (including phenoxy) is 2. The van der Waals surface area contributed by atoms with Crippen LogP contribution >= 0.6 is 0 Å². The number of anilines is 1. The third kappa shape index (κ3) is 2.29. The number of rotatable bonds is 2. The quantitative estimate of drug-likeness (QED) is 0.884. The molecule has 1 N–H and O–H groups in total. The van der Waals surface area contributed by atoms with Crippen LogP contribution in [0.4, 0.5) is 5.82 Å². The van der Waals surface area contributed by atoms with Crippen molar-refractivity contribution in [2.45, 2.75) is 6.42 Å². The van der Waals surface area contributed by atoms with Crippen LogP contribution in [0.1, 0.15) is 6.42 Å². The second-order valence-electron chi connectivity index (χ2n) is 4.12. The lowest BCUT2D eigenvalue weighted by Gasteiger charge is -2.10. The molecule has 19 heavy (non-hydrogen) atoms. The summed E-state index contributed by atoms with van der Waals surface area (Å²) in [6.07, 6.45) is 2.30. The van der Waals surface area contributed by atoms with E-state index in [1.54, 1.807) is 7.05 Å². The lowest BCUT2D eigenvalue weighted by atomic mass is 10.1. The summed E-state index contributed by atoms with van der Waals surface area (Å²) in [5, 5.41) is 10.9. The minimum Gasteiger partial charge on any atom is -0.490 e. The fourth-order valence-corrected chi connectivity index (χ4v) is 1.96. The summed E-state index contributed by atoms with van der Waals surface area (Å²) in [7, 11) is 1.80. The van der Waals surface area contributed by atoms with Crippen LogP contribution in [0.2, 0.25) is 0 Å². The Kier molecular flexibility index (Phi) is 3.14. The summed E-state index contributed by atoms with van der Waals surface area (Å²) in [6.45, 7) is 1.34. The molecular formula is C13H14N4O2. The van der Waals surface area contributed by atoms with Gasteiger partial charge in [0.2, 0.25) is 0 Å². The molecule has 0 unspecified atom stereocenters. The first kappa shape index (κ1) is 11.7. The smallest absolute Gasteiger partial charge is 0.161 e. The van der Waals surface area contributed by atoms with Gasteiger partial charge in [0.05, 0.1) is 13.2 Å². The number of benzene rings is 1. The molecule has 2 heterocycles. The monoisotopic (exact) mass is 258 g/mol. The zero-order chi connectivity index (χ0) is 13.1. The third-order valence-corrected chi connectivity index (χ3v) is 2.88. The molecule has 6 nitrogen and oxygen atoms in total. The predicted molar refractivity (Wildman–Crippen MR) is 70.4 cm³/mol. The molecule has 0 spiro atoms. The van der Waals surface area contributed by atoms with Gasteiger partial charge in [0.1, 0.15) is 12.0 Å². The lowest BCUT2D eigenvalue weighted by Crippen LogP contribution is -2.00. The molecule has 0 saturated heterocycles. The Morgan fingerprint density at radius 2 is 2.00 bits per heavy atom. The molecule has 0 saturated carbocycles. The first-order valence-electron chi connectivity index (χ1n) is 6.14. The maximum absolute atomic E-state index is 5.67. The zero-order valence-electron chi connectivity index (χ0n) is 10.6. The van der Waals surface area contributed by atoms with Crippen LogP contribution in [-0.4, -0.2) is 35.4 Å². The summed E-state index contributed by atoms with van der Waals surface area (Å²) in [5.74, 6) is 2.19. The molecule has 1 aromatic heterocycles. The van der Waals surface area contributed by atoms with E-state index in [0.29, 0.717) is 24.7 Å². The molecule has 1 aliphatic rings. The molecule has 1 aromatic carbocycles. The van der Waals surface area contributed by atoms with E-state index >= 15 is 0 Å². The SMILES string of the molecule is CNc1ncnnc1-c1ccc2c(c1)OCCCO2. The molecule has 0 fully saturated rings. The van der Waals surface area contributed by atoms with Gasteiger partial charge in [0.15, 0.2) is 17.3 Å². The Balaban J connectivity index is 2.04. The fourth-order valence-electron chi connectivity index (χ4n) is 1.96. The van der Waals surface area contributed by atoms with Gasteiger partial charge in [-0.05, 0) is 18.2 Å². The predicted octanol–water partition coefficient (Wildman–Crippen LogP) is 1.74. The second-order valence-corrected chi connectivity index (χ2v) is 4.12. The van der Waals surface area contributed by atoms with E-state index in [2.05, 4.69) is 20.5 Å². The molecule has 0 aliphatic carbocycles. The Morgan fingerprint density at radius 1 is 1.16 bits per heavy atom. The summed E-state index contributed by atoms with van der Waals surface area (Å²) in [5.41, 5.74) is 1.59. The van der Waals surface area contributed by atoms with E-state index in [0.717, 1.165) is 23.5 Å². The molecule has 3 rings (SSSR count). The summed E-state index contributed by atoms with van der Waals surface area (Å²) in [6, 6.07) is 5.73. The van der Waals surface area contributed by atoms with E-state index in [4.69, 9.17) is 9.47 Å². The van der Waals surface area contributed by atoms with Crippen molar-refractivity contribution in [2.75, 3.05) is 25.6 Å². The van der Waals surface area contributed by atoms with E-state index < -0.39 is 0 Å². The summed E-state index contributed by atoms with van der Waals surface area (Å²) < 4.78 is 11.3. The minimum atomic E-state index is 0.661. The highest BCUT2D eigenvalue weighted by atomic mass is 16.5. The van der Waals surface area contributed by atoms with E-state index in [-0.39, 0.29) is 0 Å². The van der Waals surface area contributed by atoms with Gasteiger partial charge in [-0.3, -0.25) is 0 Å². The topological polar surface area (TPSA) is 69.2 Å². The highest BCUT2D eigenvalue weighted by molar-refractivity contribution is 5.72. The van der Waals surface area contributed by atoms with Gasteiger partial charge in [0.25, 0.3) is 0 Å². The number of nitrogens with one attached hydrogen (secondary N) is 1. The Labute approximate surface area is 110 Å². The Hall–Kier alpha value is -2.37. The van der Waals surface area contributed by atoms with Gasteiger partial charge in [-0.25, -0.2) is 4.98 Å². The van der Waals surface area contributed by atoms with Crippen molar-refractivity contribution in [3.63, 3.8) is 0 Å². The molecule has 98 valence electrons. The number of nitrogens with zero attached hydrogens (tertiary/aromatic N) is 3. The molecule has 0 atom stereocenters. The highest BCUT2D eigenvalue weighted by Crippen LogP contribution is 2.34. The average molecular weight is 258 g/mol. The first-order chi connectivity index (χ1) is 9.38. The maximum Gasteiger partial charge on any atom is 0.161 e. The largest absolute Gasteiger partial charge is 0.490 e. The van der Waals surface area contributed by atoms with Gasteiger partial charge in [-0.15, -0.1) is 10.2 Å². The van der Waals surface area contributed by atoms with Crippen LogP contribution in [0.15, 0.2) is 24.5 Å².